The lowest BCUT2D eigenvalue weighted by atomic mass is 9.88. The fourth-order valence-corrected chi connectivity index (χ4v) is 2.56. The van der Waals surface area contributed by atoms with Crippen molar-refractivity contribution in [3.8, 4) is 0 Å². The molecule has 2 N–H and O–H groups in total. The molecule has 0 aromatic heterocycles. The van der Waals surface area contributed by atoms with Crippen molar-refractivity contribution >= 4 is 0 Å². The van der Waals surface area contributed by atoms with Crippen LogP contribution in [0.2, 0.25) is 0 Å². The Balaban J connectivity index is 2.17. The largest absolute Gasteiger partial charge is 0.381 e. The minimum absolute atomic E-state index is 0.248. The third kappa shape index (κ3) is 2.53. The molecule has 94 valence electrons. The standard InChI is InChI=1S/C15H23NO/c1-11(17-3)9-13-5-4-6-14(10-13)15(7-8-15)12(2)16/h4-6,10-12H,7-9,16H2,1-3H3. The molecule has 0 radical (unpaired) electrons. The van der Waals surface area contributed by atoms with Crippen LogP contribution in [0.3, 0.4) is 0 Å². The van der Waals surface area contributed by atoms with E-state index in [1.165, 1.54) is 24.0 Å². The van der Waals surface area contributed by atoms with Crippen molar-refractivity contribution in [2.75, 3.05) is 7.11 Å². The first kappa shape index (κ1) is 12.6. The Kier molecular flexibility index (Phi) is 3.55. The SMILES string of the molecule is COC(C)Cc1cccc(C2(C(C)N)CC2)c1. The molecule has 0 aliphatic heterocycles. The summed E-state index contributed by atoms with van der Waals surface area (Å²) in [5, 5.41) is 0. The van der Waals surface area contributed by atoms with Crippen LogP contribution in [0.4, 0.5) is 0 Å². The minimum atomic E-state index is 0.248. The monoisotopic (exact) mass is 233 g/mol. The molecule has 0 spiro atoms. The average Bonchev–Trinajstić information content (AvgIpc) is 3.10. The maximum atomic E-state index is 6.12. The van der Waals surface area contributed by atoms with Crippen molar-refractivity contribution in [1.29, 1.82) is 0 Å². The Morgan fingerprint density at radius 2 is 2.06 bits per heavy atom. The van der Waals surface area contributed by atoms with Gasteiger partial charge >= 0.3 is 0 Å². The molecule has 0 heterocycles. The minimum Gasteiger partial charge on any atom is -0.381 e. The highest BCUT2D eigenvalue weighted by Gasteiger charge is 2.47. The Morgan fingerprint density at radius 3 is 2.59 bits per heavy atom. The van der Waals surface area contributed by atoms with Crippen molar-refractivity contribution in [2.45, 2.75) is 50.7 Å². The second-order valence-electron chi connectivity index (χ2n) is 5.40. The third-order valence-electron chi connectivity index (χ3n) is 4.09. The number of nitrogens with two attached hydrogens (primary N) is 1. The first-order valence-electron chi connectivity index (χ1n) is 6.46. The highest BCUT2D eigenvalue weighted by Crippen LogP contribution is 2.50. The van der Waals surface area contributed by atoms with E-state index in [0.717, 1.165) is 6.42 Å². The molecule has 0 saturated heterocycles. The zero-order valence-electron chi connectivity index (χ0n) is 11.1. The highest BCUT2D eigenvalue weighted by molar-refractivity contribution is 5.36. The Bertz CT molecular complexity index is 382. The van der Waals surface area contributed by atoms with Gasteiger partial charge in [0.25, 0.3) is 0 Å². The molecule has 2 nitrogen and oxygen atoms in total. The van der Waals surface area contributed by atoms with Crippen LogP contribution < -0.4 is 5.73 Å². The molecule has 1 aliphatic rings. The summed E-state index contributed by atoms with van der Waals surface area (Å²) in [5.41, 5.74) is 9.13. The normalized spacial score (nSPS) is 20.9. The summed E-state index contributed by atoms with van der Waals surface area (Å²) in [7, 11) is 1.76. The summed E-state index contributed by atoms with van der Waals surface area (Å²) >= 11 is 0. The molecule has 2 atom stereocenters. The number of rotatable bonds is 5. The van der Waals surface area contributed by atoms with Crippen molar-refractivity contribution in [3.63, 3.8) is 0 Å². The molecular formula is C15H23NO. The summed E-state index contributed by atoms with van der Waals surface area (Å²) in [6.07, 6.45) is 3.71. The van der Waals surface area contributed by atoms with E-state index in [9.17, 15) is 0 Å². The maximum Gasteiger partial charge on any atom is 0.0583 e. The molecule has 1 aliphatic carbocycles. The molecular weight excluding hydrogens is 210 g/mol. The van der Waals surface area contributed by atoms with Gasteiger partial charge in [-0.2, -0.15) is 0 Å². The molecule has 1 fully saturated rings. The molecule has 1 aromatic carbocycles. The van der Waals surface area contributed by atoms with Gasteiger partial charge < -0.3 is 10.5 Å². The summed E-state index contributed by atoms with van der Waals surface area (Å²) < 4.78 is 5.32. The number of hydrogen-bond donors (Lipinski definition) is 1. The van der Waals surface area contributed by atoms with Crippen LogP contribution in [0.15, 0.2) is 24.3 Å². The lowest BCUT2D eigenvalue weighted by molar-refractivity contribution is 0.119. The lowest BCUT2D eigenvalue weighted by Crippen LogP contribution is -2.31. The molecule has 1 aromatic rings. The Labute approximate surface area is 104 Å². The fraction of sp³-hybridized carbons (Fsp3) is 0.600. The predicted molar refractivity (Wildman–Crippen MR) is 71.2 cm³/mol. The van der Waals surface area contributed by atoms with Crippen LogP contribution in [-0.2, 0) is 16.6 Å². The Hall–Kier alpha value is -0.860. The van der Waals surface area contributed by atoms with Gasteiger partial charge in [0.05, 0.1) is 6.10 Å². The van der Waals surface area contributed by atoms with E-state index in [0.29, 0.717) is 0 Å². The first-order chi connectivity index (χ1) is 8.08. The second kappa shape index (κ2) is 4.79. The summed E-state index contributed by atoms with van der Waals surface area (Å²) in [6.45, 7) is 4.22. The lowest BCUT2D eigenvalue weighted by Gasteiger charge is -2.21. The van der Waals surface area contributed by atoms with Crippen molar-refractivity contribution in [1.82, 2.24) is 0 Å². The van der Waals surface area contributed by atoms with Crippen LogP contribution in [0.5, 0.6) is 0 Å². The van der Waals surface area contributed by atoms with Gasteiger partial charge in [0.1, 0.15) is 0 Å². The van der Waals surface area contributed by atoms with Crippen LogP contribution in [0.25, 0.3) is 0 Å². The van der Waals surface area contributed by atoms with Gasteiger partial charge in [-0.25, -0.2) is 0 Å². The van der Waals surface area contributed by atoms with E-state index in [1.54, 1.807) is 7.11 Å². The van der Waals surface area contributed by atoms with E-state index in [-0.39, 0.29) is 17.6 Å². The zero-order chi connectivity index (χ0) is 12.5. The summed E-state index contributed by atoms with van der Waals surface area (Å²) in [6, 6.07) is 9.10. The molecule has 2 rings (SSSR count). The van der Waals surface area contributed by atoms with E-state index in [4.69, 9.17) is 10.5 Å². The molecule has 2 unspecified atom stereocenters. The molecule has 0 amide bonds. The maximum absolute atomic E-state index is 6.12. The van der Waals surface area contributed by atoms with Crippen molar-refractivity contribution in [3.05, 3.63) is 35.4 Å². The molecule has 0 bridgehead atoms. The van der Waals surface area contributed by atoms with Crippen molar-refractivity contribution in [2.24, 2.45) is 5.73 Å². The Morgan fingerprint density at radius 1 is 1.35 bits per heavy atom. The van der Waals surface area contributed by atoms with Crippen LogP contribution in [0.1, 0.15) is 37.8 Å². The molecule has 1 saturated carbocycles. The average molecular weight is 233 g/mol. The quantitative estimate of drug-likeness (QED) is 0.848. The van der Waals surface area contributed by atoms with Gasteiger partial charge in [0, 0.05) is 18.6 Å². The number of methoxy groups -OCH3 is 1. The number of benzene rings is 1. The zero-order valence-corrected chi connectivity index (χ0v) is 11.1. The summed E-state index contributed by atoms with van der Waals surface area (Å²) in [4.78, 5) is 0. The van der Waals surface area contributed by atoms with Crippen molar-refractivity contribution < 1.29 is 4.74 Å². The first-order valence-corrected chi connectivity index (χ1v) is 6.46. The summed E-state index contributed by atoms with van der Waals surface area (Å²) in [5.74, 6) is 0. The third-order valence-corrected chi connectivity index (χ3v) is 4.09. The van der Waals surface area contributed by atoms with Gasteiger partial charge in [-0.1, -0.05) is 24.3 Å². The topological polar surface area (TPSA) is 35.2 Å². The highest BCUT2D eigenvalue weighted by atomic mass is 16.5. The van der Waals surface area contributed by atoms with Gasteiger partial charge in [-0.05, 0) is 44.2 Å². The van der Waals surface area contributed by atoms with E-state index in [2.05, 4.69) is 38.1 Å². The van der Waals surface area contributed by atoms with Gasteiger partial charge in [0.2, 0.25) is 0 Å². The molecule has 2 heteroatoms. The van der Waals surface area contributed by atoms with Gasteiger partial charge in [0.15, 0.2) is 0 Å². The second-order valence-corrected chi connectivity index (χ2v) is 5.40. The smallest absolute Gasteiger partial charge is 0.0583 e. The van der Waals surface area contributed by atoms with Gasteiger partial charge in [-0.15, -0.1) is 0 Å². The number of hydrogen-bond acceptors (Lipinski definition) is 2. The van der Waals surface area contributed by atoms with E-state index < -0.39 is 0 Å². The van der Waals surface area contributed by atoms with E-state index in [1.807, 2.05) is 0 Å². The number of ether oxygens (including phenoxy) is 1. The van der Waals surface area contributed by atoms with Crippen LogP contribution in [0, 0.1) is 0 Å². The van der Waals surface area contributed by atoms with Gasteiger partial charge in [-0.3, -0.25) is 0 Å². The van der Waals surface area contributed by atoms with E-state index >= 15 is 0 Å². The molecule has 17 heavy (non-hydrogen) atoms. The van der Waals surface area contributed by atoms with Crippen LogP contribution >= 0.6 is 0 Å². The fourth-order valence-electron chi connectivity index (χ4n) is 2.56. The van der Waals surface area contributed by atoms with Crippen LogP contribution in [-0.4, -0.2) is 19.3 Å². The predicted octanol–water partition coefficient (Wildman–Crippen LogP) is 2.64.